The highest BCUT2D eigenvalue weighted by atomic mass is 16.5. The van der Waals surface area contributed by atoms with Gasteiger partial charge in [0, 0.05) is 51.2 Å². The van der Waals surface area contributed by atoms with Gasteiger partial charge < -0.3 is 20.7 Å². The summed E-state index contributed by atoms with van der Waals surface area (Å²) in [4.78, 5) is 58.7. The van der Waals surface area contributed by atoms with E-state index in [4.69, 9.17) is 4.74 Å². The van der Waals surface area contributed by atoms with E-state index in [-0.39, 0.29) is 68.7 Å². The molecule has 0 radical (unpaired) electrons. The minimum absolute atomic E-state index is 0.0247. The molecule has 30 heavy (non-hydrogen) atoms. The molecule has 1 atom stereocenters. The van der Waals surface area contributed by atoms with Crippen LogP contribution in [0.1, 0.15) is 33.6 Å². The number of rotatable bonds is 15. The zero-order valence-corrected chi connectivity index (χ0v) is 17.9. The van der Waals surface area contributed by atoms with Gasteiger partial charge in [-0.25, -0.2) is 0 Å². The first-order valence-corrected chi connectivity index (χ1v) is 10.1. The van der Waals surface area contributed by atoms with Gasteiger partial charge in [-0.15, -0.1) is 0 Å². The molecule has 0 bridgehead atoms. The number of carbonyl (C=O) groups is 5. The number of nitrogens with one attached hydrogen (secondary N) is 3. The maximum Gasteiger partial charge on any atom is 0.253 e. The molecule has 0 spiro atoms. The van der Waals surface area contributed by atoms with Crippen molar-refractivity contribution in [2.24, 2.45) is 5.92 Å². The molecule has 10 nitrogen and oxygen atoms in total. The number of hydrogen-bond acceptors (Lipinski definition) is 7. The molecule has 1 aliphatic rings. The smallest absolute Gasteiger partial charge is 0.253 e. The van der Waals surface area contributed by atoms with E-state index in [9.17, 15) is 24.0 Å². The zero-order chi connectivity index (χ0) is 22.5. The fraction of sp³-hybridized carbons (Fsp3) is 0.650. The summed E-state index contributed by atoms with van der Waals surface area (Å²) in [6.07, 6.45) is 2.57. The van der Waals surface area contributed by atoms with E-state index in [0.29, 0.717) is 13.1 Å². The van der Waals surface area contributed by atoms with Gasteiger partial charge in [-0.1, -0.05) is 13.8 Å². The Balaban J connectivity index is 1.99. The Morgan fingerprint density at radius 3 is 2.13 bits per heavy atom. The quantitative estimate of drug-likeness (QED) is 0.230. The summed E-state index contributed by atoms with van der Waals surface area (Å²) < 4.78 is 5.31. The number of carbonyl (C=O) groups excluding carboxylic acids is 5. The van der Waals surface area contributed by atoms with E-state index in [2.05, 4.69) is 16.0 Å². The van der Waals surface area contributed by atoms with Gasteiger partial charge in [-0.3, -0.25) is 28.9 Å². The van der Waals surface area contributed by atoms with E-state index in [1.54, 1.807) is 6.92 Å². The lowest BCUT2D eigenvalue weighted by molar-refractivity contribution is -0.137. The van der Waals surface area contributed by atoms with Crippen molar-refractivity contribution in [2.45, 2.75) is 39.7 Å². The average molecular weight is 424 g/mol. The summed E-state index contributed by atoms with van der Waals surface area (Å²) in [5.74, 6) is -1.01. The van der Waals surface area contributed by atoms with Crippen LogP contribution in [0, 0.1) is 5.92 Å². The number of imide groups is 1. The van der Waals surface area contributed by atoms with E-state index in [0.717, 1.165) is 4.90 Å². The predicted octanol–water partition coefficient (Wildman–Crippen LogP) is -0.856. The van der Waals surface area contributed by atoms with E-state index < -0.39 is 11.8 Å². The van der Waals surface area contributed by atoms with Crippen LogP contribution in [0.15, 0.2) is 12.2 Å². The topological polar surface area (TPSA) is 134 Å². The maximum atomic E-state index is 11.7. The Morgan fingerprint density at radius 1 is 0.933 bits per heavy atom. The minimum atomic E-state index is -0.413. The number of hydrogen-bond donors (Lipinski definition) is 3. The first kappa shape index (κ1) is 25.4. The highest BCUT2D eigenvalue weighted by Crippen LogP contribution is 2.04. The van der Waals surface area contributed by atoms with Gasteiger partial charge in [0.1, 0.15) is 5.78 Å². The summed E-state index contributed by atoms with van der Waals surface area (Å²) in [5.41, 5.74) is 0. The first-order valence-electron chi connectivity index (χ1n) is 10.1. The lowest BCUT2D eigenvalue weighted by atomic mass is 10.0. The minimum Gasteiger partial charge on any atom is -0.379 e. The second-order valence-electron chi connectivity index (χ2n) is 7.26. The van der Waals surface area contributed by atoms with Crippen molar-refractivity contribution in [1.82, 2.24) is 20.9 Å². The Labute approximate surface area is 176 Å². The van der Waals surface area contributed by atoms with Crippen LogP contribution in [-0.4, -0.2) is 79.7 Å². The molecule has 168 valence electrons. The van der Waals surface area contributed by atoms with Gasteiger partial charge in [0.2, 0.25) is 11.8 Å². The normalized spacial score (nSPS) is 14.3. The van der Waals surface area contributed by atoms with Crippen LogP contribution in [0.2, 0.25) is 0 Å². The van der Waals surface area contributed by atoms with E-state index in [1.807, 2.05) is 13.8 Å². The number of ether oxygens (including phenoxy) is 1. The summed E-state index contributed by atoms with van der Waals surface area (Å²) in [6, 6.07) is -0.214. The molecule has 0 aromatic heterocycles. The molecule has 1 rings (SSSR count). The zero-order valence-electron chi connectivity index (χ0n) is 17.9. The standard InChI is InChI=1S/C20H32N4O6/c1-14(2)20(15(3)25)23-9-8-21-17(27)7-12-30-13-10-22-16(26)6-11-24-18(28)4-5-19(24)29/h4-5,14,20,23H,6-13H2,1-3H3,(H,21,27)(H,22,26)/t20-/m0/s1. The van der Waals surface area contributed by atoms with E-state index >= 15 is 0 Å². The van der Waals surface area contributed by atoms with Crippen molar-refractivity contribution >= 4 is 29.4 Å². The summed E-state index contributed by atoms with van der Waals surface area (Å²) >= 11 is 0. The lowest BCUT2D eigenvalue weighted by Crippen LogP contribution is -2.43. The van der Waals surface area contributed by atoms with Crippen molar-refractivity contribution in [3.05, 3.63) is 12.2 Å². The van der Waals surface area contributed by atoms with Crippen LogP contribution in [0.25, 0.3) is 0 Å². The predicted molar refractivity (Wildman–Crippen MR) is 109 cm³/mol. The molecule has 3 N–H and O–H groups in total. The second kappa shape index (κ2) is 13.6. The summed E-state index contributed by atoms with van der Waals surface area (Å²) in [7, 11) is 0. The fourth-order valence-corrected chi connectivity index (χ4v) is 2.85. The fourth-order valence-electron chi connectivity index (χ4n) is 2.85. The van der Waals surface area contributed by atoms with Gasteiger partial charge >= 0.3 is 0 Å². The Bertz CT molecular complexity index is 644. The molecule has 0 aromatic carbocycles. The van der Waals surface area contributed by atoms with Crippen molar-refractivity contribution < 1.29 is 28.7 Å². The lowest BCUT2D eigenvalue weighted by Gasteiger charge is -2.19. The summed E-state index contributed by atoms with van der Waals surface area (Å²) in [6.45, 7) is 7.17. The first-order chi connectivity index (χ1) is 14.2. The van der Waals surface area contributed by atoms with Crippen LogP contribution in [0.3, 0.4) is 0 Å². The molecule has 4 amide bonds. The molecule has 0 aromatic rings. The summed E-state index contributed by atoms with van der Waals surface area (Å²) in [5, 5.41) is 8.50. The molecule has 0 unspecified atom stereocenters. The largest absolute Gasteiger partial charge is 0.379 e. The molecule has 0 aliphatic carbocycles. The monoisotopic (exact) mass is 424 g/mol. The van der Waals surface area contributed by atoms with Gasteiger partial charge in [0.05, 0.1) is 19.3 Å². The molecule has 10 heteroatoms. The molecule has 0 saturated heterocycles. The highest BCUT2D eigenvalue weighted by Gasteiger charge is 2.23. The molecular weight excluding hydrogens is 392 g/mol. The highest BCUT2D eigenvalue weighted by molar-refractivity contribution is 6.13. The van der Waals surface area contributed by atoms with E-state index in [1.165, 1.54) is 12.2 Å². The van der Waals surface area contributed by atoms with Gasteiger partial charge in [0.15, 0.2) is 0 Å². The third-order valence-corrected chi connectivity index (χ3v) is 4.42. The van der Waals surface area contributed by atoms with Crippen LogP contribution < -0.4 is 16.0 Å². The number of nitrogens with zero attached hydrogens (tertiary/aromatic N) is 1. The molecule has 1 heterocycles. The molecule has 0 fully saturated rings. The van der Waals surface area contributed by atoms with Gasteiger partial charge in [-0.05, 0) is 12.8 Å². The Hall–Kier alpha value is -2.59. The van der Waals surface area contributed by atoms with Crippen LogP contribution in [0.4, 0.5) is 0 Å². The van der Waals surface area contributed by atoms with Crippen molar-refractivity contribution in [1.29, 1.82) is 0 Å². The number of amides is 4. The van der Waals surface area contributed by atoms with Gasteiger partial charge in [-0.2, -0.15) is 0 Å². The number of ketones is 1. The van der Waals surface area contributed by atoms with Crippen LogP contribution in [0.5, 0.6) is 0 Å². The molecular formula is C20H32N4O6. The third kappa shape index (κ3) is 9.75. The van der Waals surface area contributed by atoms with Crippen molar-refractivity contribution in [3.8, 4) is 0 Å². The van der Waals surface area contributed by atoms with Crippen LogP contribution in [-0.2, 0) is 28.7 Å². The Morgan fingerprint density at radius 2 is 1.53 bits per heavy atom. The van der Waals surface area contributed by atoms with Crippen LogP contribution >= 0.6 is 0 Å². The Kier molecular flexibility index (Phi) is 11.5. The molecule has 0 saturated carbocycles. The molecule has 1 aliphatic heterocycles. The van der Waals surface area contributed by atoms with Crippen molar-refractivity contribution in [2.75, 3.05) is 39.4 Å². The average Bonchev–Trinajstić information content (AvgIpc) is 2.99. The number of Topliss-reactive ketones (excluding diaryl/α,β-unsaturated/α-hetero) is 1. The second-order valence-corrected chi connectivity index (χ2v) is 7.26. The maximum absolute atomic E-state index is 11.7. The van der Waals surface area contributed by atoms with Gasteiger partial charge in [0.25, 0.3) is 11.8 Å². The van der Waals surface area contributed by atoms with Crippen molar-refractivity contribution in [3.63, 3.8) is 0 Å². The SMILES string of the molecule is CC(=O)[C@@H](NCCNC(=O)CCOCCNC(=O)CCN1C(=O)C=CC1=O)C(C)C. The third-order valence-electron chi connectivity index (χ3n) is 4.42.